The lowest BCUT2D eigenvalue weighted by molar-refractivity contribution is -0.125. The minimum Gasteiger partial charge on any atom is -0.488 e. The lowest BCUT2D eigenvalue weighted by Gasteiger charge is -2.21. The Bertz CT molecular complexity index is 802. The fourth-order valence-corrected chi connectivity index (χ4v) is 3.45. The summed E-state index contributed by atoms with van der Waals surface area (Å²) >= 11 is 0. The average Bonchev–Trinajstić information content (AvgIpc) is 2.78. The number of hydrogen-bond donors (Lipinski definition) is 2. The number of benzene rings is 2. The van der Waals surface area contributed by atoms with Crippen LogP contribution in [0.5, 0.6) is 5.75 Å². The number of oxime groups is 1. The molecule has 0 atom stereocenters. The van der Waals surface area contributed by atoms with Gasteiger partial charge in [0.25, 0.3) is 5.91 Å². The SMILES string of the molecule is N/C(=N/OCC(=O)NCC1CCCCC1)c1ccccc1OCc1ccccc1. The summed E-state index contributed by atoms with van der Waals surface area (Å²) < 4.78 is 5.88. The fourth-order valence-electron chi connectivity index (χ4n) is 3.45. The molecule has 0 saturated heterocycles. The van der Waals surface area contributed by atoms with Gasteiger partial charge in [-0.2, -0.15) is 0 Å². The summed E-state index contributed by atoms with van der Waals surface area (Å²) in [5.74, 6) is 1.19. The summed E-state index contributed by atoms with van der Waals surface area (Å²) in [6.07, 6.45) is 6.18. The Labute approximate surface area is 172 Å². The van der Waals surface area contributed by atoms with Gasteiger partial charge >= 0.3 is 0 Å². The van der Waals surface area contributed by atoms with Gasteiger partial charge in [0, 0.05) is 6.54 Å². The number of rotatable bonds is 9. The third-order valence-corrected chi connectivity index (χ3v) is 5.07. The molecule has 3 N–H and O–H groups in total. The summed E-state index contributed by atoms with van der Waals surface area (Å²) in [5.41, 5.74) is 7.74. The normalized spacial score (nSPS) is 15.0. The van der Waals surface area contributed by atoms with Crippen LogP contribution in [0.15, 0.2) is 59.8 Å². The molecule has 2 aromatic carbocycles. The van der Waals surface area contributed by atoms with E-state index < -0.39 is 0 Å². The maximum absolute atomic E-state index is 12.0. The number of carbonyl (C=O) groups excluding carboxylic acids is 1. The van der Waals surface area contributed by atoms with Crippen LogP contribution in [0, 0.1) is 5.92 Å². The molecule has 0 radical (unpaired) electrons. The number of para-hydroxylation sites is 1. The molecule has 1 fully saturated rings. The van der Waals surface area contributed by atoms with Crippen LogP contribution in [-0.2, 0) is 16.2 Å². The minimum atomic E-state index is -0.180. The number of hydrogen-bond acceptors (Lipinski definition) is 4. The molecule has 1 saturated carbocycles. The first-order valence-corrected chi connectivity index (χ1v) is 10.2. The van der Waals surface area contributed by atoms with Crippen LogP contribution in [0.1, 0.15) is 43.2 Å². The molecule has 0 aromatic heterocycles. The van der Waals surface area contributed by atoms with Crippen molar-refractivity contribution in [2.45, 2.75) is 38.7 Å². The molecular formula is C23H29N3O3. The van der Waals surface area contributed by atoms with Gasteiger partial charge < -0.3 is 20.6 Å². The number of nitrogens with two attached hydrogens (primary N) is 1. The first kappa shape index (κ1) is 20.7. The third-order valence-electron chi connectivity index (χ3n) is 5.07. The van der Waals surface area contributed by atoms with Crippen LogP contribution < -0.4 is 15.8 Å². The van der Waals surface area contributed by atoms with Crippen LogP contribution in [0.3, 0.4) is 0 Å². The van der Waals surface area contributed by atoms with Crippen LogP contribution in [0.25, 0.3) is 0 Å². The van der Waals surface area contributed by atoms with Crippen LogP contribution in [0.4, 0.5) is 0 Å². The Morgan fingerprint density at radius 2 is 1.76 bits per heavy atom. The van der Waals surface area contributed by atoms with Crippen molar-refractivity contribution >= 4 is 11.7 Å². The Morgan fingerprint density at radius 1 is 1.03 bits per heavy atom. The molecule has 1 amide bonds. The monoisotopic (exact) mass is 395 g/mol. The largest absolute Gasteiger partial charge is 0.488 e. The maximum Gasteiger partial charge on any atom is 0.260 e. The van der Waals surface area contributed by atoms with E-state index in [1.807, 2.05) is 54.6 Å². The van der Waals surface area contributed by atoms with Crippen molar-refractivity contribution in [1.82, 2.24) is 5.32 Å². The Balaban J connectivity index is 1.48. The van der Waals surface area contributed by atoms with Gasteiger partial charge in [-0.3, -0.25) is 4.79 Å². The van der Waals surface area contributed by atoms with Gasteiger partial charge in [-0.05, 0) is 36.5 Å². The predicted molar refractivity (Wildman–Crippen MR) is 113 cm³/mol. The summed E-state index contributed by atoms with van der Waals surface area (Å²) in [5, 5.41) is 6.82. The Kier molecular flexibility index (Phi) is 7.92. The second kappa shape index (κ2) is 11.1. The van der Waals surface area contributed by atoms with Gasteiger partial charge in [-0.15, -0.1) is 0 Å². The second-order valence-electron chi connectivity index (χ2n) is 7.33. The Hall–Kier alpha value is -3.02. The number of nitrogens with one attached hydrogen (secondary N) is 1. The molecule has 1 aliphatic rings. The molecule has 3 rings (SSSR count). The van der Waals surface area contributed by atoms with E-state index in [2.05, 4.69) is 10.5 Å². The number of amidine groups is 1. The van der Waals surface area contributed by atoms with Crippen molar-refractivity contribution in [2.24, 2.45) is 16.8 Å². The van der Waals surface area contributed by atoms with Crippen molar-refractivity contribution in [1.29, 1.82) is 0 Å². The van der Waals surface area contributed by atoms with Gasteiger partial charge in [0.1, 0.15) is 12.4 Å². The van der Waals surface area contributed by atoms with Crippen molar-refractivity contribution in [2.75, 3.05) is 13.2 Å². The van der Waals surface area contributed by atoms with E-state index in [0.717, 1.165) is 5.56 Å². The summed E-state index contributed by atoms with van der Waals surface area (Å²) in [4.78, 5) is 17.1. The zero-order valence-electron chi connectivity index (χ0n) is 16.7. The highest BCUT2D eigenvalue weighted by Crippen LogP contribution is 2.22. The molecule has 6 nitrogen and oxygen atoms in total. The predicted octanol–water partition coefficient (Wildman–Crippen LogP) is 3.60. The fraction of sp³-hybridized carbons (Fsp3) is 0.391. The molecule has 0 bridgehead atoms. The lowest BCUT2D eigenvalue weighted by Crippen LogP contribution is -2.32. The van der Waals surface area contributed by atoms with Gasteiger partial charge in [0.15, 0.2) is 12.4 Å². The molecule has 2 aromatic rings. The number of nitrogens with zero attached hydrogens (tertiary/aromatic N) is 1. The average molecular weight is 396 g/mol. The standard InChI is InChI=1S/C23H29N3O3/c24-23(26-29-17-22(27)25-15-18-9-3-1-4-10-18)20-13-7-8-14-21(20)28-16-19-11-5-2-6-12-19/h2,5-8,11-14,18H,1,3-4,9-10,15-17H2,(H2,24,26)(H,25,27). The quantitative estimate of drug-likeness (QED) is 0.386. The summed E-state index contributed by atoms with van der Waals surface area (Å²) in [6.45, 7) is 0.980. The van der Waals surface area contributed by atoms with Gasteiger partial charge in [0.2, 0.25) is 0 Å². The zero-order chi connectivity index (χ0) is 20.3. The van der Waals surface area contributed by atoms with Crippen molar-refractivity contribution in [3.05, 3.63) is 65.7 Å². The topological polar surface area (TPSA) is 85.9 Å². The first-order valence-electron chi connectivity index (χ1n) is 10.2. The Morgan fingerprint density at radius 3 is 2.55 bits per heavy atom. The minimum absolute atomic E-state index is 0.152. The highest BCUT2D eigenvalue weighted by atomic mass is 16.6. The number of carbonyl (C=O) groups is 1. The molecule has 0 unspecified atom stereocenters. The van der Waals surface area contributed by atoms with E-state index in [0.29, 0.717) is 30.4 Å². The maximum atomic E-state index is 12.0. The van der Waals surface area contributed by atoms with Crippen LogP contribution >= 0.6 is 0 Å². The summed E-state index contributed by atoms with van der Waals surface area (Å²) in [7, 11) is 0. The van der Waals surface area contributed by atoms with Crippen LogP contribution in [0.2, 0.25) is 0 Å². The van der Waals surface area contributed by atoms with E-state index in [9.17, 15) is 4.79 Å². The van der Waals surface area contributed by atoms with Gasteiger partial charge in [0.05, 0.1) is 5.56 Å². The molecule has 0 spiro atoms. The van der Waals surface area contributed by atoms with Crippen molar-refractivity contribution < 1.29 is 14.4 Å². The van der Waals surface area contributed by atoms with Crippen molar-refractivity contribution in [3.63, 3.8) is 0 Å². The van der Waals surface area contributed by atoms with E-state index in [1.54, 1.807) is 0 Å². The molecule has 6 heteroatoms. The van der Waals surface area contributed by atoms with E-state index >= 15 is 0 Å². The third kappa shape index (κ3) is 6.82. The molecule has 0 aliphatic heterocycles. The number of amides is 1. The highest BCUT2D eigenvalue weighted by Gasteiger charge is 2.14. The smallest absolute Gasteiger partial charge is 0.260 e. The highest BCUT2D eigenvalue weighted by molar-refractivity contribution is 5.99. The second-order valence-corrected chi connectivity index (χ2v) is 7.33. The molecule has 1 aliphatic carbocycles. The lowest BCUT2D eigenvalue weighted by atomic mass is 9.89. The molecular weight excluding hydrogens is 366 g/mol. The summed E-state index contributed by atoms with van der Waals surface area (Å²) in [6, 6.07) is 17.2. The zero-order valence-corrected chi connectivity index (χ0v) is 16.7. The van der Waals surface area contributed by atoms with E-state index in [4.69, 9.17) is 15.3 Å². The van der Waals surface area contributed by atoms with E-state index in [1.165, 1.54) is 32.1 Å². The van der Waals surface area contributed by atoms with Crippen molar-refractivity contribution in [3.8, 4) is 5.75 Å². The van der Waals surface area contributed by atoms with Crippen LogP contribution in [-0.4, -0.2) is 24.9 Å². The van der Waals surface area contributed by atoms with Gasteiger partial charge in [-0.25, -0.2) is 0 Å². The first-order chi connectivity index (χ1) is 14.2. The molecule has 29 heavy (non-hydrogen) atoms. The number of ether oxygens (including phenoxy) is 1. The van der Waals surface area contributed by atoms with E-state index in [-0.39, 0.29) is 18.3 Å². The molecule has 0 heterocycles. The molecule has 154 valence electrons. The van der Waals surface area contributed by atoms with Gasteiger partial charge in [-0.1, -0.05) is 66.9 Å².